The molecule has 78 valence electrons. The molecule has 0 aromatic heterocycles. The normalized spacial score (nSPS) is 27.7. The number of para-hydroxylation sites is 1. The zero-order valence-corrected chi connectivity index (χ0v) is 8.22. The van der Waals surface area contributed by atoms with Crippen LogP contribution in [0.4, 0.5) is 0 Å². The van der Waals surface area contributed by atoms with Gasteiger partial charge in [0, 0.05) is 11.5 Å². The number of aliphatic hydroxyl groups excluding tert-OH is 1. The zero-order valence-electron chi connectivity index (χ0n) is 8.22. The van der Waals surface area contributed by atoms with E-state index >= 15 is 0 Å². The summed E-state index contributed by atoms with van der Waals surface area (Å²) >= 11 is 0. The van der Waals surface area contributed by atoms with Gasteiger partial charge in [-0.15, -0.1) is 0 Å². The molecule has 0 spiro atoms. The van der Waals surface area contributed by atoms with Gasteiger partial charge in [0.05, 0.1) is 25.6 Å². The van der Waals surface area contributed by atoms with Gasteiger partial charge in [0.2, 0.25) is 0 Å². The van der Waals surface area contributed by atoms with Crippen molar-refractivity contribution < 1.29 is 14.6 Å². The van der Waals surface area contributed by atoms with Gasteiger partial charge in [-0.25, -0.2) is 0 Å². The van der Waals surface area contributed by atoms with Crippen molar-refractivity contribution in [3.05, 3.63) is 41.7 Å². The average molecular weight is 204 g/mol. The topological polar surface area (TPSA) is 38.7 Å². The van der Waals surface area contributed by atoms with Gasteiger partial charge in [-0.1, -0.05) is 18.2 Å². The molecule has 0 saturated carbocycles. The minimum Gasteiger partial charge on any atom is -0.465 e. The Morgan fingerprint density at radius 3 is 2.93 bits per heavy atom. The lowest BCUT2D eigenvalue weighted by Crippen LogP contribution is -2.34. The van der Waals surface area contributed by atoms with E-state index in [0.717, 1.165) is 16.9 Å². The lowest BCUT2D eigenvalue weighted by molar-refractivity contribution is -0.103. The Bertz CT molecular complexity index is 411. The molecule has 0 bridgehead atoms. The number of rotatable bonds is 1. The number of hydrogen-bond donors (Lipinski definition) is 1. The minimum atomic E-state index is 0.0402. The summed E-state index contributed by atoms with van der Waals surface area (Å²) in [5.74, 6) is 1.11. The van der Waals surface area contributed by atoms with E-state index in [1.54, 1.807) is 6.26 Å². The zero-order chi connectivity index (χ0) is 10.3. The van der Waals surface area contributed by atoms with E-state index in [0.29, 0.717) is 6.61 Å². The number of ether oxygens (including phenoxy) is 2. The molecule has 1 N–H and O–H groups in total. The fourth-order valence-corrected chi connectivity index (χ4v) is 2.10. The summed E-state index contributed by atoms with van der Waals surface area (Å²) in [6.07, 6.45) is 1.72. The highest BCUT2D eigenvalue weighted by atomic mass is 16.5. The number of fused-ring (bicyclic) bond motifs is 3. The van der Waals surface area contributed by atoms with E-state index in [-0.39, 0.29) is 18.6 Å². The molecule has 1 aromatic rings. The highest BCUT2D eigenvalue weighted by Gasteiger charge is 2.39. The first-order chi connectivity index (χ1) is 7.40. The first-order valence-electron chi connectivity index (χ1n) is 5.07. The van der Waals surface area contributed by atoms with Crippen molar-refractivity contribution in [1.82, 2.24) is 0 Å². The maximum absolute atomic E-state index is 9.21. The van der Waals surface area contributed by atoms with Crippen LogP contribution in [-0.2, 0) is 4.74 Å². The van der Waals surface area contributed by atoms with Crippen molar-refractivity contribution in [3.8, 4) is 5.75 Å². The summed E-state index contributed by atoms with van der Waals surface area (Å²) in [5.41, 5.74) is 2.00. The lowest BCUT2D eigenvalue weighted by atomic mass is 9.86. The molecule has 3 rings (SSSR count). The molecular weight excluding hydrogens is 192 g/mol. The third kappa shape index (κ3) is 1.28. The van der Waals surface area contributed by atoms with Crippen LogP contribution in [0.25, 0.3) is 0 Å². The molecule has 1 saturated heterocycles. The van der Waals surface area contributed by atoms with Crippen molar-refractivity contribution in [2.75, 3.05) is 13.2 Å². The molecule has 2 atom stereocenters. The first-order valence-corrected chi connectivity index (χ1v) is 5.07. The van der Waals surface area contributed by atoms with Crippen molar-refractivity contribution in [2.24, 2.45) is 5.92 Å². The lowest BCUT2D eigenvalue weighted by Gasteiger charge is -2.36. The quantitative estimate of drug-likeness (QED) is 0.755. The van der Waals surface area contributed by atoms with Crippen LogP contribution in [0.3, 0.4) is 0 Å². The van der Waals surface area contributed by atoms with Gasteiger partial charge < -0.3 is 14.6 Å². The van der Waals surface area contributed by atoms with Gasteiger partial charge >= 0.3 is 0 Å². The maximum Gasteiger partial charge on any atom is 0.132 e. The molecule has 3 nitrogen and oxygen atoms in total. The molecule has 1 fully saturated rings. The molecular formula is C12H12O3. The Morgan fingerprint density at radius 2 is 2.20 bits per heavy atom. The minimum absolute atomic E-state index is 0.0402. The van der Waals surface area contributed by atoms with Gasteiger partial charge in [0.25, 0.3) is 0 Å². The van der Waals surface area contributed by atoms with Crippen LogP contribution in [0, 0.1) is 5.92 Å². The van der Waals surface area contributed by atoms with Crippen LogP contribution < -0.4 is 4.74 Å². The van der Waals surface area contributed by atoms with Crippen LogP contribution in [0.1, 0.15) is 11.7 Å². The standard InChI is InChI=1S/C12H12O3/c13-5-8-6-14-11-4-2-1-3-9(11)12-10(8)7-15-12/h1-4,6,10,12-13H,5,7H2. The van der Waals surface area contributed by atoms with Crippen LogP contribution in [-0.4, -0.2) is 18.3 Å². The van der Waals surface area contributed by atoms with E-state index < -0.39 is 0 Å². The molecule has 0 radical (unpaired) electrons. The molecule has 2 heterocycles. The highest BCUT2D eigenvalue weighted by Crippen LogP contribution is 2.45. The molecule has 3 heteroatoms. The Morgan fingerprint density at radius 1 is 1.33 bits per heavy atom. The van der Waals surface area contributed by atoms with Gasteiger partial charge in [0.1, 0.15) is 5.75 Å². The Balaban J connectivity index is 2.04. The van der Waals surface area contributed by atoms with Crippen molar-refractivity contribution in [1.29, 1.82) is 0 Å². The summed E-state index contributed by atoms with van der Waals surface area (Å²) in [6, 6.07) is 7.85. The fraction of sp³-hybridized carbons (Fsp3) is 0.333. The van der Waals surface area contributed by atoms with Crippen molar-refractivity contribution >= 4 is 0 Å². The molecule has 2 aliphatic heterocycles. The molecule has 0 aliphatic carbocycles. The Kier molecular flexibility index (Phi) is 2.01. The van der Waals surface area contributed by atoms with Crippen LogP contribution in [0.15, 0.2) is 36.1 Å². The van der Waals surface area contributed by atoms with E-state index in [2.05, 4.69) is 0 Å². The predicted octanol–water partition coefficient (Wildman–Crippen LogP) is 1.64. The predicted molar refractivity (Wildman–Crippen MR) is 54.4 cm³/mol. The third-order valence-electron chi connectivity index (χ3n) is 3.04. The van der Waals surface area contributed by atoms with Crippen LogP contribution >= 0.6 is 0 Å². The first kappa shape index (κ1) is 8.95. The number of aliphatic hydroxyl groups is 1. The molecule has 2 aliphatic rings. The SMILES string of the molecule is OCC1=COc2ccccc2C2OCC12. The third-order valence-corrected chi connectivity index (χ3v) is 3.04. The van der Waals surface area contributed by atoms with Crippen molar-refractivity contribution in [2.45, 2.75) is 6.10 Å². The van der Waals surface area contributed by atoms with E-state index in [1.807, 2.05) is 24.3 Å². The van der Waals surface area contributed by atoms with Gasteiger partial charge in [-0.05, 0) is 11.6 Å². The largest absolute Gasteiger partial charge is 0.465 e. The smallest absolute Gasteiger partial charge is 0.132 e. The Hall–Kier alpha value is -1.32. The summed E-state index contributed by atoms with van der Waals surface area (Å²) in [4.78, 5) is 0. The molecule has 0 amide bonds. The second kappa shape index (κ2) is 3.36. The van der Waals surface area contributed by atoms with Crippen LogP contribution in [0.5, 0.6) is 5.75 Å². The highest BCUT2D eigenvalue weighted by molar-refractivity contribution is 5.40. The second-order valence-corrected chi connectivity index (χ2v) is 3.87. The number of hydrogen-bond acceptors (Lipinski definition) is 3. The Labute approximate surface area is 87.9 Å². The summed E-state index contributed by atoms with van der Waals surface area (Å²) in [5, 5.41) is 9.21. The summed E-state index contributed by atoms with van der Waals surface area (Å²) < 4.78 is 11.1. The van der Waals surface area contributed by atoms with E-state index in [4.69, 9.17) is 9.47 Å². The molecule has 2 unspecified atom stereocenters. The van der Waals surface area contributed by atoms with E-state index in [1.165, 1.54) is 0 Å². The molecule has 15 heavy (non-hydrogen) atoms. The van der Waals surface area contributed by atoms with Crippen molar-refractivity contribution in [3.63, 3.8) is 0 Å². The fourth-order valence-electron chi connectivity index (χ4n) is 2.10. The monoisotopic (exact) mass is 204 g/mol. The van der Waals surface area contributed by atoms with Gasteiger partial charge in [-0.2, -0.15) is 0 Å². The van der Waals surface area contributed by atoms with E-state index in [9.17, 15) is 5.11 Å². The molecule has 1 aromatic carbocycles. The van der Waals surface area contributed by atoms with Crippen LogP contribution in [0.2, 0.25) is 0 Å². The van der Waals surface area contributed by atoms with Gasteiger partial charge in [-0.3, -0.25) is 0 Å². The summed E-state index contributed by atoms with van der Waals surface area (Å²) in [7, 11) is 0. The average Bonchev–Trinajstić information content (AvgIpc) is 2.33. The van der Waals surface area contributed by atoms with Gasteiger partial charge in [0.15, 0.2) is 0 Å². The number of benzene rings is 1. The maximum atomic E-state index is 9.21. The summed E-state index contributed by atoms with van der Waals surface area (Å²) in [6.45, 7) is 0.716. The second-order valence-electron chi connectivity index (χ2n) is 3.87.